The van der Waals surface area contributed by atoms with Crippen molar-refractivity contribution < 1.29 is 9.52 Å². The van der Waals surface area contributed by atoms with Crippen molar-refractivity contribution in [3.05, 3.63) is 53.9 Å². The third kappa shape index (κ3) is 2.91. The molecule has 2 N–H and O–H groups in total. The number of hydrogen-bond acceptors (Lipinski definition) is 4. The van der Waals surface area contributed by atoms with Gasteiger partial charge in [0.2, 0.25) is 5.36 Å². The number of aliphatic hydroxyl groups is 1. The van der Waals surface area contributed by atoms with Crippen molar-refractivity contribution in [2.24, 2.45) is 0 Å². The van der Waals surface area contributed by atoms with E-state index < -0.39 is 0 Å². The molecule has 5 heteroatoms. The van der Waals surface area contributed by atoms with Crippen molar-refractivity contribution in [2.45, 2.75) is 6.42 Å². The lowest BCUT2D eigenvalue weighted by atomic mass is 10.1. The second kappa shape index (κ2) is 6.77. The molecule has 2 aliphatic rings. The number of anilines is 1. The lowest BCUT2D eigenvalue weighted by Gasteiger charge is -2.13. The highest BCUT2D eigenvalue weighted by Crippen LogP contribution is 2.33. The molecule has 0 atom stereocenters. The van der Waals surface area contributed by atoms with Crippen LogP contribution >= 0.6 is 0 Å². The predicted octanol–water partition coefficient (Wildman–Crippen LogP) is 2.91. The van der Waals surface area contributed by atoms with Crippen molar-refractivity contribution in [3.8, 4) is 11.5 Å². The zero-order chi connectivity index (χ0) is 18.1. The summed E-state index contributed by atoms with van der Waals surface area (Å²) >= 11 is 0. The van der Waals surface area contributed by atoms with E-state index in [2.05, 4.69) is 17.4 Å². The van der Waals surface area contributed by atoms with Crippen LogP contribution in [0.3, 0.4) is 0 Å². The molecular formula is C21H22N3O2+. The van der Waals surface area contributed by atoms with Gasteiger partial charge in [0, 0.05) is 41.7 Å². The fourth-order valence-electron chi connectivity index (χ4n) is 3.17. The van der Waals surface area contributed by atoms with Crippen molar-refractivity contribution >= 4 is 27.6 Å². The SMILES string of the molecule is C[N+](C)=c1ccc2nc3c(cc(NCCCO)c4ccccc43)oc-2c1. The standard InChI is InChI=1S/C21H21N3O2/c1-24(2)14-8-9-17-19(12-14)26-20-13-18(22-10-5-11-25)15-6-3-4-7-16(15)21(20)23-17/h3-4,6-9,12-13,25H,5,10-11H2,1-2H3/p+1. The number of nitrogens with zero attached hydrogens (tertiary/aromatic N) is 2. The van der Waals surface area contributed by atoms with Crippen LogP contribution in [0.4, 0.5) is 5.69 Å². The molecule has 5 nitrogen and oxygen atoms in total. The second-order valence-corrected chi connectivity index (χ2v) is 6.58. The van der Waals surface area contributed by atoms with Crippen LogP contribution in [0.2, 0.25) is 0 Å². The highest BCUT2D eigenvalue weighted by molar-refractivity contribution is 6.10. The van der Waals surface area contributed by atoms with Gasteiger partial charge in [-0.3, -0.25) is 0 Å². The van der Waals surface area contributed by atoms with Crippen LogP contribution in [0.25, 0.3) is 33.3 Å². The van der Waals surface area contributed by atoms with E-state index >= 15 is 0 Å². The summed E-state index contributed by atoms with van der Waals surface area (Å²) in [6.07, 6.45) is 0.700. The molecular weight excluding hydrogens is 326 g/mol. The minimum Gasteiger partial charge on any atom is -0.452 e. The fraction of sp³-hybridized carbons (Fsp3) is 0.238. The number of aliphatic hydroxyl groups excluding tert-OH is 1. The zero-order valence-electron chi connectivity index (χ0n) is 15.0. The third-order valence-electron chi connectivity index (χ3n) is 4.54. The van der Waals surface area contributed by atoms with Gasteiger partial charge in [-0.1, -0.05) is 24.3 Å². The number of nitrogens with one attached hydrogen (secondary N) is 1. The Morgan fingerprint density at radius 2 is 1.88 bits per heavy atom. The Morgan fingerprint density at radius 1 is 1.08 bits per heavy atom. The first-order valence-corrected chi connectivity index (χ1v) is 8.79. The summed E-state index contributed by atoms with van der Waals surface area (Å²) in [6.45, 7) is 0.875. The Kier molecular flexibility index (Phi) is 4.31. The topological polar surface area (TPSA) is 61.3 Å². The summed E-state index contributed by atoms with van der Waals surface area (Å²) in [5.74, 6) is 0.764. The highest BCUT2D eigenvalue weighted by atomic mass is 16.3. The van der Waals surface area contributed by atoms with Crippen LogP contribution in [-0.2, 0) is 0 Å². The molecule has 0 saturated heterocycles. The van der Waals surface area contributed by atoms with Gasteiger partial charge in [-0.2, -0.15) is 0 Å². The van der Waals surface area contributed by atoms with E-state index in [0.717, 1.165) is 44.4 Å². The highest BCUT2D eigenvalue weighted by Gasteiger charge is 2.14. The molecule has 0 aromatic heterocycles. The maximum absolute atomic E-state index is 9.05. The largest absolute Gasteiger partial charge is 0.452 e. The molecule has 0 fully saturated rings. The Morgan fingerprint density at radius 3 is 2.65 bits per heavy atom. The van der Waals surface area contributed by atoms with Crippen LogP contribution in [0.1, 0.15) is 6.42 Å². The summed E-state index contributed by atoms with van der Waals surface area (Å²) in [7, 11) is 4.01. The monoisotopic (exact) mass is 348 g/mol. The van der Waals surface area contributed by atoms with Crippen molar-refractivity contribution in [2.75, 3.05) is 32.6 Å². The molecule has 1 heterocycles. The average molecular weight is 348 g/mol. The molecule has 2 aromatic carbocycles. The van der Waals surface area contributed by atoms with Gasteiger partial charge in [0.25, 0.3) is 0 Å². The van der Waals surface area contributed by atoms with E-state index in [4.69, 9.17) is 14.5 Å². The lowest BCUT2D eigenvalue weighted by Crippen LogP contribution is -2.21. The average Bonchev–Trinajstić information content (AvgIpc) is 2.66. The Balaban J connectivity index is 1.99. The molecule has 0 spiro atoms. The number of rotatable bonds is 4. The van der Waals surface area contributed by atoms with Crippen molar-refractivity contribution in [3.63, 3.8) is 0 Å². The smallest absolute Gasteiger partial charge is 0.203 e. The number of aromatic nitrogens is 1. The lowest BCUT2D eigenvalue weighted by molar-refractivity contribution is 0.292. The summed E-state index contributed by atoms with van der Waals surface area (Å²) < 4.78 is 8.26. The molecule has 26 heavy (non-hydrogen) atoms. The van der Waals surface area contributed by atoms with E-state index in [1.54, 1.807) is 0 Å². The van der Waals surface area contributed by atoms with Crippen molar-refractivity contribution in [1.82, 2.24) is 9.56 Å². The van der Waals surface area contributed by atoms with E-state index in [9.17, 15) is 0 Å². The second-order valence-electron chi connectivity index (χ2n) is 6.58. The maximum Gasteiger partial charge on any atom is 0.203 e. The van der Waals surface area contributed by atoms with Crippen molar-refractivity contribution in [1.29, 1.82) is 0 Å². The predicted molar refractivity (Wildman–Crippen MR) is 105 cm³/mol. The molecule has 0 amide bonds. The molecule has 1 aliphatic heterocycles. The van der Waals surface area contributed by atoms with E-state index in [-0.39, 0.29) is 6.61 Å². The Hall–Kier alpha value is -2.92. The Labute approximate surface area is 151 Å². The first-order valence-electron chi connectivity index (χ1n) is 8.79. The molecule has 0 bridgehead atoms. The van der Waals surface area contributed by atoms with Gasteiger partial charge in [-0.05, 0) is 12.5 Å². The van der Waals surface area contributed by atoms with Crippen LogP contribution in [0.15, 0.2) is 52.9 Å². The molecule has 1 aliphatic carbocycles. The zero-order valence-corrected chi connectivity index (χ0v) is 15.0. The first-order chi connectivity index (χ1) is 12.7. The van der Waals surface area contributed by atoms with Gasteiger partial charge in [-0.25, -0.2) is 9.56 Å². The van der Waals surface area contributed by atoms with Crippen LogP contribution < -0.4 is 15.2 Å². The van der Waals surface area contributed by atoms with E-state index in [1.807, 2.05) is 55.1 Å². The fourth-order valence-corrected chi connectivity index (χ4v) is 3.17. The normalized spacial score (nSPS) is 11.3. The van der Waals surface area contributed by atoms with E-state index in [1.165, 1.54) is 0 Å². The van der Waals surface area contributed by atoms with Gasteiger partial charge in [-0.15, -0.1) is 0 Å². The van der Waals surface area contributed by atoms with Gasteiger partial charge in [0.05, 0.1) is 6.07 Å². The molecule has 4 rings (SSSR count). The van der Waals surface area contributed by atoms with Gasteiger partial charge in [0.1, 0.15) is 25.3 Å². The van der Waals surface area contributed by atoms with Crippen LogP contribution in [-0.4, -0.2) is 37.3 Å². The minimum atomic E-state index is 0.169. The first kappa shape index (κ1) is 16.5. The molecule has 0 radical (unpaired) electrons. The molecule has 132 valence electrons. The summed E-state index contributed by atoms with van der Waals surface area (Å²) in [6, 6.07) is 16.2. The molecule has 2 aromatic rings. The Bertz CT molecular complexity index is 1130. The van der Waals surface area contributed by atoms with E-state index in [0.29, 0.717) is 13.0 Å². The van der Waals surface area contributed by atoms with Gasteiger partial charge >= 0.3 is 0 Å². The quantitative estimate of drug-likeness (QED) is 0.258. The number of benzene rings is 3. The van der Waals surface area contributed by atoms with Crippen LogP contribution in [0, 0.1) is 0 Å². The van der Waals surface area contributed by atoms with Gasteiger partial charge < -0.3 is 14.8 Å². The minimum absolute atomic E-state index is 0.169. The summed E-state index contributed by atoms with van der Waals surface area (Å²) in [5, 5.41) is 15.7. The maximum atomic E-state index is 9.05. The van der Waals surface area contributed by atoms with Crippen LogP contribution in [0.5, 0.6) is 0 Å². The van der Waals surface area contributed by atoms with Gasteiger partial charge in [0.15, 0.2) is 11.3 Å². The number of fused-ring (bicyclic) bond motifs is 4. The molecule has 0 unspecified atom stereocenters. The third-order valence-corrected chi connectivity index (χ3v) is 4.54. The summed E-state index contributed by atoms with van der Waals surface area (Å²) in [5.41, 5.74) is 3.45. The molecule has 0 saturated carbocycles. The summed E-state index contributed by atoms with van der Waals surface area (Å²) in [4.78, 5) is 4.86. The number of hydrogen-bond donors (Lipinski definition) is 2.